The fourth-order valence-corrected chi connectivity index (χ4v) is 0.960. The second kappa shape index (κ2) is 4.96. The molecule has 0 amide bonds. The standard InChI is InChI=1S/C10H11N3O2/c1-4-5-13(2)9-7-11-6-8(12-9)10(14)15-3/h1,6-7H,5H2,2-3H3. The van der Waals surface area contributed by atoms with Crippen LogP contribution in [0, 0.1) is 12.3 Å². The molecule has 0 radical (unpaired) electrons. The molecule has 0 aliphatic rings. The van der Waals surface area contributed by atoms with Crippen LogP contribution in [-0.2, 0) is 4.74 Å². The number of ether oxygens (including phenoxy) is 1. The van der Waals surface area contributed by atoms with Gasteiger partial charge in [-0.3, -0.25) is 4.98 Å². The van der Waals surface area contributed by atoms with E-state index < -0.39 is 5.97 Å². The summed E-state index contributed by atoms with van der Waals surface area (Å²) in [5.74, 6) is 2.49. The summed E-state index contributed by atoms with van der Waals surface area (Å²) >= 11 is 0. The highest BCUT2D eigenvalue weighted by Gasteiger charge is 2.09. The fourth-order valence-electron chi connectivity index (χ4n) is 0.960. The highest BCUT2D eigenvalue weighted by molar-refractivity contribution is 5.87. The average Bonchev–Trinajstić information content (AvgIpc) is 2.28. The lowest BCUT2D eigenvalue weighted by molar-refractivity contribution is 0.0593. The van der Waals surface area contributed by atoms with Crippen molar-refractivity contribution < 1.29 is 9.53 Å². The van der Waals surface area contributed by atoms with Gasteiger partial charge < -0.3 is 9.64 Å². The Hall–Kier alpha value is -2.09. The van der Waals surface area contributed by atoms with Crippen molar-refractivity contribution >= 4 is 11.8 Å². The number of nitrogens with zero attached hydrogens (tertiary/aromatic N) is 3. The van der Waals surface area contributed by atoms with E-state index in [0.717, 1.165) is 0 Å². The van der Waals surface area contributed by atoms with E-state index in [1.807, 2.05) is 0 Å². The van der Waals surface area contributed by atoms with Crippen molar-refractivity contribution in [1.82, 2.24) is 9.97 Å². The van der Waals surface area contributed by atoms with Crippen molar-refractivity contribution in [3.05, 3.63) is 18.1 Å². The number of carbonyl (C=O) groups excluding carboxylic acids is 1. The van der Waals surface area contributed by atoms with Gasteiger partial charge in [0.15, 0.2) is 5.69 Å². The van der Waals surface area contributed by atoms with Crippen molar-refractivity contribution in [1.29, 1.82) is 0 Å². The minimum atomic E-state index is -0.515. The van der Waals surface area contributed by atoms with Gasteiger partial charge in [0.1, 0.15) is 5.82 Å². The van der Waals surface area contributed by atoms with Crippen molar-refractivity contribution in [2.24, 2.45) is 0 Å². The fraction of sp³-hybridized carbons (Fsp3) is 0.300. The Balaban J connectivity index is 2.93. The molecule has 1 aromatic rings. The van der Waals surface area contributed by atoms with Gasteiger partial charge >= 0.3 is 5.97 Å². The first-order chi connectivity index (χ1) is 7.19. The molecule has 1 heterocycles. The van der Waals surface area contributed by atoms with Gasteiger partial charge in [0.25, 0.3) is 0 Å². The summed E-state index contributed by atoms with van der Waals surface area (Å²) in [6, 6.07) is 0. The summed E-state index contributed by atoms with van der Waals surface area (Å²) < 4.78 is 4.53. The molecule has 0 atom stereocenters. The van der Waals surface area contributed by atoms with Crippen LogP contribution in [0.4, 0.5) is 5.82 Å². The second-order valence-electron chi connectivity index (χ2n) is 2.81. The number of carbonyl (C=O) groups is 1. The van der Waals surface area contributed by atoms with Crippen LogP contribution in [0.2, 0.25) is 0 Å². The maximum atomic E-state index is 11.2. The van der Waals surface area contributed by atoms with E-state index in [-0.39, 0.29) is 5.69 Å². The molecule has 0 saturated carbocycles. The van der Waals surface area contributed by atoms with Crippen LogP contribution in [0.3, 0.4) is 0 Å². The predicted octanol–water partition coefficient (Wildman–Crippen LogP) is 0.333. The number of hydrogen-bond donors (Lipinski definition) is 0. The molecule has 0 aromatic carbocycles. The normalized spacial score (nSPS) is 9.13. The molecular formula is C10H11N3O2. The molecule has 5 nitrogen and oxygen atoms in total. The Labute approximate surface area is 88.1 Å². The summed E-state index contributed by atoms with van der Waals surface area (Å²) in [4.78, 5) is 20.8. The van der Waals surface area contributed by atoms with Crippen molar-refractivity contribution in [3.63, 3.8) is 0 Å². The zero-order valence-electron chi connectivity index (χ0n) is 8.60. The van der Waals surface area contributed by atoms with E-state index in [1.54, 1.807) is 11.9 Å². The number of aromatic nitrogens is 2. The summed E-state index contributed by atoms with van der Waals surface area (Å²) in [5, 5.41) is 0. The van der Waals surface area contributed by atoms with Gasteiger partial charge in [-0.2, -0.15) is 0 Å². The molecule has 0 spiro atoms. The van der Waals surface area contributed by atoms with Crippen LogP contribution < -0.4 is 4.90 Å². The minimum Gasteiger partial charge on any atom is -0.464 e. The summed E-state index contributed by atoms with van der Waals surface area (Å²) in [6.07, 6.45) is 8.04. The highest BCUT2D eigenvalue weighted by atomic mass is 16.5. The quantitative estimate of drug-likeness (QED) is 0.526. The van der Waals surface area contributed by atoms with Gasteiger partial charge in [0.05, 0.1) is 26.0 Å². The first-order valence-corrected chi connectivity index (χ1v) is 4.24. The minimum absolute atomic E-state index is 0.166. The number of esters is 1. The molecule has 0 N–H and O–H groups in total. The van der Waals surface area contributed by atoms with Crippen molar-refractivity contribution in [3.8, 4) is 12.3 Å². The lowest BCUT2D eigenvalue weighted by atomic mass is 10.4. The number of hydrogen-bond acceptors (Lipinski definition) is 5. The topological polar surface area (TPSA) is 55.3 Å². The Kier molecular flexibility index (Phi) is 3.63. The molecule has 0 aliphatic heterocycles. The first-order valence-electron chi connectivity index (χ1n) is 4.24. The van der Waals surface area contributed by atoms with Crippen LogP contribution in [0.15, 0.2) is 12.4 Å². The van der Waals surface area contributed by atoms with E-state index in [2.05, 4.69) is 20.6 Å². The average molecular weight is 205 g/mol. The van der Waals surface area contributed by atoms with Crippen LogP contribution in [0.5, 0.6) is 0 Å². The lowest BCUT2D eigenvalue weighted by Gasteiger charge is -2.14. The smallest absolute Gasteiger partial charge is 0.358 e. The molecule has 1 aromatic heterocycles. The molecule has 5 heteroatoms. The number of methoxy groups -OCH3 is 1. The van der Waals surface area contributed by atoms with Gasteiger partial charge in [0, 0.05) is 7.05 Å². The Morgan fingerprint density at radius 2 is 2.40 bits per heavy atom. The third kappa shape index (κ3) is 2.68. The van der Waals surface area contributed by atoms with Crippen LogP contribution in [-0.4, -0.2) is 36.6 Å². The molecule has 0 aliphatic carbocycles. The van der Waals surface area contributed by atoms with Crippen molar-refractivity contribution in [2.45, 2.75) is 0 Å². The highest BCUT2D eigenvalue weighted by Crippen LogP contribution is 2.07. The summed E-state index contributed by atoms with van der Waals surface area (Å²) in [6.45, 7) is 0.402. The van der Waals surface area contributed by atoms with Gasteiger partial charge in [-0.25, -0.2) is 9.78 Å². The third-order valence-electron chi connectivity index (χ3n) is 1.74. The van der Waals surface area contributed by atoms with Gasteiger partial charge in [-0.15, -0.1) is 6.42 Å². The van der Waals surface area contributed by atoms with E-state index in [0.29, 0.717) is 12.4 Å². The second-order valence-corrected chi connectivity index (χ2v) is 2.81. The molecule has 0 unspecified atom stereocenters. The monoisotopic (exact) mass is 205 g/mol. The third-order valence-corrected chi connectivity index (χ3v) is 1.74. The summed E-state index contributed by atoms with van der Waals surface area (Å²) in [7, 11) is 3.06. The lowest BCUT2D eigenvalue weighted by Crippen LogP contribution is -2.20. The molecule has 0 fully saturated rings. The summed E-state index contributed by atoms with van der Waals surface area (Å²) in [5.41, 5.74) is 0.166. The van der Waals surface area contributed by atoms with Gasteiger partial charge in [-0.05, 0) is 0 Å². The molecule has 1 rings (SSSR count). The van der Waals surface area contributed by atoms with E-state index >= 15 is 0 Å². The Morgan fingerprint density at radius 3 is 3.00 bits per heavy atom. The number of anilines is 1. The van der Waals surface area contributed by atoms with Gasteiger partial charge in [-0.1, -0.05) is 5.92 Å². The molecule has 0 bridgehead atoms. The predicted molar refractivity (Wildman–Crippen MR) is 55.5 cm³/mol. The maximum Gasteiger partial charge on any atom is 0.358 e. The van der Waals surface area contributed by atoms with Crippen molar-refractivity contribution in [2.75, 3.05) is 25.6 Å². The van der Waals surface area contributed by atoms with Crippen LogP contribution in [0.25, 0.3) is 0 Å². The SMILES string of the molecule is C#CCN(C)c1cncc(C(=O)OC)n1. The molecular weight excluding hydrogens is 194 g/mol. The van der Waals surface area contributed by atoms with Gasteiger partial charge in [0.2, 0.25) is 0 Å². The molecule has 78 valence electrons. The number of terminal acetylenes is 1. The van der Waals surface area contributed by atoms with E-state index in [9.17, 15) is 4.79 Å². The van der Waals surface area contributed by atoms with E-state index in [4.69, 9.17) is 6.42 Å². The first kappa shape index (κ1) is 11.0. The Bertz CT molecular complexity index is 398. The van der Waals surface area contributed by atoms with Crippen LogP contribution >= 0.6 is 0 Å². The Morgan fingerprint density at radius 1 is 1.67 bits per heavy atom. The van der Waals surface area contributed by atoms with E-state index in [1.165, 1.54) is 19.5 Å². The number of rotatable bonds is 3. The molecule has 0 saturated heterocycles. The zero-order chi connectivity index (χ0) is 11.3. The van der Waals surface area contributed by atoms with Crippen LogP contribution in [0.1, 0.15) is 10.5 Å². The maximum absolute atomic E-state index is 11.2. The molecule has 15 heavy (non-hydrogen) atoms. The zero-order valence-corrected chi connectivity index (χ0v) is 8.60. The largest absolute Gasteiger partial charge is 0.464 e.